The third-order valence-corrected chi connectivity index (χ3v) is 4.50. The number of carboxylic acids is 1. The highest BCUT2D eigenvalue weighted by Gasteiger charge is 2.15. The van der Waals surface area contributed by atoms with Gasteiger partial charge in [0.2, 0.25) is 0 Å². The molecule has 3 N–H and O–H groups in total. The largest absolute Gasteiger partial charge is 0.494 e. The molecule has 27 heavy (non-hydrogen) atoms. The molecule has 148 valence electrons. The number of aliphatic carboxylic acids is 1. The Bertz CT molecular complexity index is 646. The zero-order valence-corrected chi connectivity index (χ0v) is 16.5. The fraction of sp³-hybridized carbons (Fsp3) is 0.409. The van der Waals surface area contributed by atoms with Crippen LogP contribution in [0.15, 0.2) is 54.6 Å². The average Bonchev–Trinajstić information content (AvgIpc) is 2.65. The maximum Gasteiger partial charge on any atom is 0.306 e. The monoisotopic (exact) mass is 391 g/mol. The standard InChI is InChI=1S/C22H29NO3.ClH/c23-15-14-20(22(24)25)9-5-2-6-16-26-21-12-10-19(11-13-21)17-18-7-3-1-4-8-18;/h1,3-4,7-8,10-13,20H,2,5-6,9,14-17,23H2,(H,24,25);1H. The van der Waals surface area contributed by atoms with Gasteiger partial charge in [0.05, 0.1) is 12.5 Å². The van der Waals surface area contributed by atoms with Gasteiger partial charge in [0, 0.05) is 0 Å². The van der Waals surface area contributed by atoms with E-state index in [0.29, 0.717) is 26.0 Å². The zero-order valence-electron chi connectivity index (χ0n) is 15.7. The van der Waals surface area contributed by atoms with Crippen molar-refractivity contribution in [3.8, 4) is 5.75 Å². The second-order valence-electron chi connectivity index (χ2n) is 6.62. The summed E-state index contributed by atoms with van der Waals surface area (Å²) in [6.07, 6.45) is 4.98. The van der Waals surface area contributed by atoms with Gasteiger partial charge in [0.1, 0.15) is 5.75 Å². The van der Waals surface area contributed by atoms with Gasteiger partial charge >= 0.3 is 5.97 Å². The van der Waals surface area contributed by atoms with Crippen LogP contribution in [0.3, 0.4) is 0 Å². The van der Waals surface area contributed by atoms with Gasteiger partial charge in [-0.1, -0.05) is 55.3 Å². The Labute approximate surface area is 168 Å². The highest BCUT2D eigenvalue weighted by atomic mass is 35.5. The molecule has 0 aliphatic heterocycles. The van der Waals surface area contributed by atoms with Crippen molar-refractivity contribution >= 4 is 18.4 Å². The van der Waals surface area contributed by atoms with Gasteiger partial charge in [-0.2, -0.15) is 0 Å². The molecular weight excluding hydrogens is 362 g/mol. The molecule has 2 aromatic rings. The highest BCUT2D eigenvalue weighted by molar-refractivity contribution is 5.85. The van der Waals surface area contributed by atoms with Crippen molar-refractivity contribution < 1.29 is 14.6 Å². The van der Waals surface area contributed by atoms with E-state index in [1.807, 2.05) is 18.2 Å². The maximum atomic E-state index is 11.1. The van der Waals surface area contributed by atoms with Crippen molar-refractivity contribution in [2.24, 2.45) is 11.7 Å². The van der Waals surface area contributed by atoms with Crippen molar-refractivity contribution in [3.05, 3.63) is 65.7 Å². The third-order valence-electron chi connectivity index (χ3n) is 4.50. The van der Waals surface area contributed by atoms with E-state index in [-0.39, 0.29) is 18.3 Å². The number of carbonyl (C=O) groups is 1. The minimum atomic E-state index is -0.734. The summed E-state index contributed by atoms with van der Waals surface area (Å²) < 4.78 is 5.78. The average molecular weight is 392 g/mol. The molecule has 2 rings (SSSR count). The van der Waals surface area contributed by atoms with Gasteiger partial charge in [-0.3, -0.25) is 4.79 Å². The van der Waals surface area contributed by atoms with Crippen LogP contribution in [0.25, 0.3) is 0 Å². The Morgan fingerprint density at radius 2 is 1.59 bits per heavy atom. The van der Waals surface area contributed by atoms with Crippen LogP contribution in [0.4, 0.5) is 0 Å². The first kappa shape index (κ1) is 23.0. The minimum Gasteiger partial charge on any atom is -0.494 e. The van der Waals surface area contributed by atoms with Crippen LogP contribution < -0.4 is 10.5 Å². The lowest BCUT2D eigenvalue weighted by atomic mass is 9.98. The van der Waals surface area contributed by atoms with Gasteiger partial charge < -0.3 is 15.6 Å². The molecule has 2 aromatic carbocycles. The Balaban J connectivity index is 0.00000364. The fourth-order valence-electron chi connectivity index (χ4n) is 2.99. The molecule has 0 aliphatic carbocycles. The predicted octanol–water partition coefficient (Wildman–Crippen LogP) is 4.69. The minimum absolute atomic E-state index is 0. The molecule has 0 saturated heterocycles. The molecule has 4 nitrogen and oxygen atoms in total. The predicted molar refractivity (Wildman–Crippen MR) is 112 cm³/mol. The molecule has 0 heterocycles. The second-order valence-corrected chi connectivity index (χ2v) is 6.62. The molecule has 5 heteroatoms. The van der Waals surface area contributed by atoms with Crippen LogP contribution in [0.2, 0.25) is 0 Å². The smallest absolute Gasteiger partial charge is 0.306 e. The van der Waals surface area contributed by atoms with Gasteiger partial charge in [0.15, 0.2) is 0 Å². The summed E-state index contributed by atoms with van der Waals surface area (Å²) in [7, 11) is 0. The summed E-state index contributed by atoms with van der Waals surface area (Å²) in [5, 5.41) is 9.09. The van der Waals surface area contributed by atoms with E-state index in [2.05, 4.69) is 36.4 Å². The molecule has 0 saturated carbocycles. The van der Waals surface area contributed by atoms with Crippen molar-refractivity contribution in [3.63, 3.8) is 0 Å². The van der Waals surface area contributed by atoms with Crippen molar-refractivity contribution in [1.29, 1.82) is 0 Å². The lowest BCUT2D eigenvalue weighted by Gasteiger charge is -2.11. The molecule has 0 bridgehead atoms. The highest BCUT2D eigenvalue weighted by Crippen LogP contribution is 2.17. The SMILES string of the molecule is Cl.NCCC(CCCCCOc1ccc(Cc2ccccc2)cc1)C(=O)O. The van der Waals surface area contributed by atoms with Gasteiger partial charge in [-0.25, -0.2) is 0 Å². The second kappa shape index (κ2) is 13.2. The van der Waals surface area contributed by atoms with Gasteiger partial charge in [-0.05, 0) is 55.5 Å². The molecule has 1 unspecified atom stereocenters. The van der Waals surface area contributed by atoms with Crippen molar-refractivity contribution in [2.75, 3.05) is 13.2 Å². The number of carboxylic acid groups (broad SMARTS) is 1. The van der Waals surface area contributed by atoms with Crippen LogP contribution in [0.1, 0.15) is 43.2 Å². The molecule has 0 amide bonds. The summed E-state index contributed by atoms with van der Waals surface area (Å²) in [5.74, 6) is -0.159. The normalized spacial score (nSPS) is 11.4. The summed E-state index contributed by atoms with van der Waals surface area (Å²) in [5.41, 5.74) is 8.02. The lowest BCUT2D eigenvalue weighted by molar-refractivity contribution is -0.142. The van der Waals surface area contributed by atoms with E-state index < -0.39 is 5.97 Å². The number of halogens is 1. The summed E-state index contributed by atoms with van der Waals surface area (Å²) in [6, 6.07) is 18.6. The summed E-state index contributed by atoms with van der Waals surface area (Å²) >= 11 is 0. The lowest BCUT2D eigenvalue weighted by Crippen LogP contribution is -2.17. The first-order valence-corrected chi connectivity index (χ1v) is 9.37. The number of nitrogens with two attached hydrogens (primary N) is 1. The maximum absolute atomic E-state index is 11.1. The van der Waals surface area contributed by atoms with Crippen molar-refractivity contribution in [2.45, 2.75) is 38.5 Å². The Hall–Kier alpha value is -2.04. The quantitative estimate of drug-likeness (QED) is 0.515. The molecular formula is C22H30ClNO3. The van der Waals surface area contributed by atoms with Crippen molar-refractivity contribution in [1.82, 2.24) is 0 Å². The Kier molecular flexibility index (Phi) is 11.2. The number of benzene rings is 2. The number of unbranched alkanes of at least 4 members (excludes halogenated alkanes) is 2. The first-order valence-electron chi connectivity index (χ1n) is 9.37. The number of rotatable bonds is 12. The summed E-state index contributed by atoms with van der Waals surface area (Å²) in [6.45, 7) is 1.09. The van der Waals surface area contributed by atoms with Crippen LogP contribution in [0.5, 0.6) is 5.75 Å². The first-order chi connectivity index (χ1) is 12.7. The van der Waals surface area contributed by atoms with E-state index in [4.69, 9.17) is 15.6 Å². The molecule has 0 radical (unpaired) electrons. The van der Waals surface area contributed by atoms with E-state index in [1.54, 1.807) is 0 Å². The molecule has 0 spiro atoms. The Morgan fingerprint density at radius 1 is 0.926 bits per heavy atom. The molecule has 0 aromatic heterocycles. The third kappa shape index (κ3) is 8.94. The van der Waals surface area contributed by atoms with E-state index in [1.165, 1.54) is 11.1 Å². The van der Waals surface area contributed by atoms with Crippen LogP contribution in [-0.4, -0.2) is 24.2 Å². The van der Waals surface area contributed by atoms with E-state index in [9.17, 15) is 4.79 Å². The van der Waals surface area contributed by atoms with Gasteiger partial charge in [-0.15, -0.1) is 12.4 Å². The number of hydrogen-bond acceptors (Lipinski definition) is 3. The van der Waals surface area contributed by atoms with E-state index in [0.717, 1.165) is 31.4 Å². The van der Waals surface area contributed by atoms with E-state index >= 15 is 0 Å². The van der Waals surface area contributed by atoms with Crippen LogP contribution in [-0.2, 0) is 11.2 Å². The number of ether oxygens (including phenoxy) is 1. The topological polar surface area (TPSA) is 72.5 Å². The fourth-order valence-corrected chi connectivity index (χ4v) is 2.99. The van der Waals surface area contributed by atoms with Gasteiger partial charge in [0.25, 0.3) is 0 Å². The van der Waals surface area contributed by atoms with Crippen LogP contribution in [0, 0.1) is 5.92 Å². The molecule has 0 aliphatic rings. The Morgan fingerprint density at radius 3 is 2.22 bits per heavy atom. The van der Waals surface area contributed by atoms with Crippen LogP contribution >= 0.6 is 12.4 Å². The summed E-state index contributed by atoms with van der Waals surface area (Å²) in [4.78, 5) is 11.1. The molecule has 1 atom stereocenters. The number of hydrogen-bond donors (Lipinski definition) is 2. The molecule has 0 fully saturated rings. The zero-order chi connectivity index (χ0) is 18.6.